The Morgan fingerprint density at radius 1 is 1.65 bits per heavy atom. The third kappa shape index (κ3) is 4.18. The predicted octanol–water partition coefficient (Wildman–Crippen LogP) is 1.22. The number of aliphatic imine (C=N–C) groups is 1. The maximum atomic E-state index is 5.87. The summed E-state index contributed by atoms with van der Waals surface area (Å²) in [5.41, 5.74) is 7.05. The topological polar surface area (TPSA) is 59.4 Å². The average Bonchev–Trinajstić information content (AvgIpc) is 3.02. The molecule has 1 fully saturated rings. The Balaban J connectivity index is 0.00000144. The molecule has 0 saturated heterocycles. The number of aromatic nitrogens is 2. The van der Waals surface area contributed by atoms with Gasteiger partial charge in [-0.05, 0) is 25.3 Å². The van der Waals surface area contributed by atoms with Crippen molar-refractivity contribution in [3.05, 3.63) is 18.0 Å². The van der Waals surface area contributed by atoms with Gasteiger partial charge >= 0.3 is 0 Å². The van der Waals surface area contributed by atoms with Crippen LogP contribution in [0.5, 0.6) is 0 Å². The first-order valence-electron chi connectivity index (χ1n) is 5.68. The van der Waals surface area contributed by atoms with Crippen LogP contribution in [0.4, 0.5) is 0 Å². The molecular weight excluding hydrogens is 329 g/mol. The van der Waals surface area contributed by atoms with E-state index in [4.69, 9.17) is 5.73 Å². The number of nitrogens with zero attached hydrogens (tertiary/aromatic N) is 4. The van der Waals surface area contributed by atoms with Crippen molar-refractivity contribution in [2.24, 2.45) is 10.7 Å². The van der Waals surface area contributed by atoms with E-state index in [0.717, 1.165) is 6.54 Å². The summed E-state index contributed by atoms with van der Waals surface area (Å²) in [5.74, 6) is 0.645. The van der Waals surface area contributed by atoms with Crippen LogP contribution in [0.1, 0.15) is 18.4 Å². The highest BCUT2D eigenvalue weighted by Gasteiger charge is 2.27. The van der Waals surface area contributed by atoms with Crippen molar-refractivity contribution in [2.75, 3.05) is 13.6 Å². The van der Waals surface area contributed by atoms with Gasteiger partial charge in [0.1, 0.15) is 0 Å². The van der Waals surface area contributed by atoms with Crippen LogP contribution in [-0.4, -0.2) is 40.3 Å². The van der Waals surface area contributed by atoms with E-state index >= 15 is 0 Å². The summed E-state index contributed by atoms with van der Waals surface area (Å²) < 4.78 is 1.89. The van der Waals surface area contributed by atoms with Crippen molar-refractivity contribution in [1.82, 2.24) is 14.7 Å². The number of guanidine groups is 1. The van der Waals surface area contributed by atoms with E-state index in [0.29, 0.717) is 18.5 Å². The molecule has 1 aliphatic rings. The van der Waals surface area contributed by atoms with Gasteiger partial charge in [-0.2, -0.15) is 5.10 Å². The van der Waals surface area contributed by atoms with E-state index in [1.807, 2.05) is 31.0 Å². The van der Waals surface area contributed by atoms with E-state index in [-0.39, 0.29) is 24.0 Å². The van der Waals surface area contributed by atoms with Gasteiger partial charge in [0.2, 0.25) is 0 Å². The molecule has 1 aromatic rings. The summed E-state index contributed by atoms with van der Waals surface area (Å²) in [6, 6.07) is 0.621. The van der Waals surface area contributed by atoms with Gasteiger partial charge in [-0.1, -0.05) is 0 Å². The van der Waals surface area contributed by atoms with Crippen molar-refractivity contribution in [3.8, 4) is 0 Å². The molecule has 1 aromatic heterocycles. The number of nitrogens with two attached hydrogens (primary N) is 1. The van der Waals surface area contributed by atoms with Crippen LogP contribution in [-0.2, 0) is 6.54 Å². The maximum absolute atomic E-state index is 5.87. The average molecular weight is 349 g/mol. The van der Waals surface area contributed by atoms with Crippen LogP contribution < -0.4 is 5.73 Å². The van der Waals surface area contributed by atoms with Gasteiger partial charge in [0.25, 0.3) is 0 Å². The molecule has 2 rings (SSSR count). The molecule has 0 atom stereocenters. The Kier molecular flexibility index (Phi) is 5.23. The third-order valence-electron chi connectivity index (χ3n) is 2.82. The molecule has 0 bridgehead atoms. The smallest absolute Gasteiger partial charge is 0.191 e. The minimum atomic E-state index is 0. The molecule has 0 aliphatic heterocycles. The molecule has 0 aromatic carbocycles. The molecule has 0 amide bonds. The molecule has 6 heteroatoms. The molecule has 96 valence electrons. The van der Waals surface area contributed by atoms with Crippen molar-refractivity contribution < 1.29 is 0 Å². The molecule has 1 saturated carbocycles. The number of hydrogen-bond acceptors (Lipinski definition) is 2. The largest absolute Gasteiger partial charge is 0.370 e. The van der Waals surface area contributed by atoms with Crippen LogP contribution in [0.3, 0.4) is 0 Å². The van der Waals surface area contributed by atoms with Gasteiger partial charge in [0, 0.05) is 19.3 Å². The fraction of sp³-hybridized carbons (Fsp3) is 0.636. The number of hydrogen-bond donors (Lipinski definition) is 1. The molecule has 0 spiro atoms. The van der Waals surface area contributed by atoms with Gasteiger partial charge < -0.3 is 10.6 Å². The van der Waals surface area contributed by atoms with Crippen LogP contribution >= 0.6 is 24.0 Å². The van der Waals surface area contributed by atoms with Crippen LogP contribution in [0.15, 0.2) is 17.4 Å². The number of halogens is 1. The van der Waals surface area contributed by atoms with Gasteiger partial charge in [-0.15, -0.1) is 24.0 Å². The fourth-order valence-corrected chi connectivity index (χ4v) is 1.62. The molecule has 1 heterocycles. The van der Waals surface area contributed by atoms with Crippen LogP contribution in [0, 0.1) is 6.92 Å². The summed E-state index contributed by atoms with van der Waals surface area (Å²) in [6.07, 6.45) is 6.34. The summed E-state index contributed by atoms with van der Waals surface area (Å²) in [5, 5.41) is 4.20. The van der Waals surface area contributed by atoms with E-state index in [2.05, 4.69) is 15.0 Å². The Hall–Kier alpha value is -0.790. The second-order valence-corrected chi connectivity index (χ2v) is 4.36. The Bertz CT molecular complexity index is 383. The fourth-order valence-electron chi connectivity index (χ4n) is 1.62. The molecule has 0 radical (unpaired) electrons. The van der Waals surface area contributed by atoms with Crippen molar-refractivity contribution in [3.63, 3.8) is 0 Å². The first kappa shape index (κ1) is 14.3. The zero-order valence-electron chi connectivity index (χ0n) is 10.3. The Morgan fingerprint density at radius 3 is 2.88 bits per heavy atom. The lowest BCUT2D eigenvalue weighted by atomic mass is 10.4. The number of rotatable bonds is 4. The van der Waals surface area contributed by atoms with E-state index in [1.165, 1.54) is 18.4 Å². The molecule has 1 aliphatic carbocycles. The third-order valence-corrected chi connectivity index (χ3v) is 2.82. The standard InChI is InChI=1S/C11H19N5.HI/c1-9-7-14-16(8-9)6-5-13-11(12)15(2)10-3-4-10;/h7-8,10H,3-6H2,1-2H3,(H2,12,13);1H. The summed E-state index contributed by atoms with van der Waals surface area (Å²) in [7, 11) is 2.01. The highest BCUT2D eigenvalue weighted by atomic mass is 127. The predicted molar refractivity (Wildman–Crippen MR) is 79.7 cm³/mol. The first-order chi connectivity index (χ1) is 7.66. The summed E-state index contributed by atoms with van der Waals surface area (Å²) in [4.78, 5) is 6.41. The first-order valence-corrected chi connectivity index (χ1v) is 5.68. The Morgan fingerprint density at radius 2 is 2.35 bits per heavy atom. The van der Waals surface area contributed by atoms with Gasteiger partial charge in [-0.25, -0.2) is 0 Å². The van der Waals surface area contributed by atoms with Gasteiger partial charge in [0.15, 0.2) is 5.96 Å². The molecule has 17 heavy (non-hydrogen) atoms. The summed E-state index contributed by atoms with van der Waals surface area (Å²) in [6.45, 7) is 3.50. The SMILES string of the molecule is Cc1cnn(CCN=C(N)N(C)C2CC2)c1.I. The minimum Gasteiger partial charge on any atom is -0.370 e. The Labute approximate surface area is 119 Å². The highest BCUT2D eigenvalue weighted by Crippen LogP contribution is 2.24. The lowest BCUT2D eigenvalue weighted by Gasteiger charge is -2.16. The van der Waals surface area contributed by atoms with Crippen molar-refractivity contribution >= 4 is 29.9 Å². The van der Waals surface area contributed by atoms with Crippen molar-refractivity contribution in [2.45, 2.75) is 32.4 Å². The monoisotopic (exact) mass is 349 g/mol. The van der Waals surface area contributed by atoms with Gasteiger partial charge in [0.05, 0.1) is 19.3 Å². The highest BCUT2D eigenvalue weighted by molar-refractivity contribution is 14.0. The second-order valence-electron chi connectivity index (χ2n) is 4.36. The molecule has 2 N–H and O–H groups in total. The van der Waals surface area contributed by atoms with Crippen molar-refractivity contribution in [1.29, 1.82) is 0 Å². The quantitative estimate of drug-likeness (QED) is 0.505. The number of aryl methyl sites for hydroxylation is 1. The lowest BCUT2D eigenvalue weighted by Crippen LogP contribution is -2.36. The second kappa shape index (κ2) is 6.23. The van der Waals surface area contributed by atoms with E-state index in [9.17, 15) is 0 Å². The van der Waals surface area contributed by atoms with Crippen LogP contribution in [0.25, 0.3) is 0 Å². The molecular formula is C11H20IN5. The zero-order chi connectivity index (χ0) is 11.5. The summed E-state index contributed by atoms with van der Waals surface area (Å²) >= 11 is 0. The lowest BCUT2D eigenvalue weighted by molar-refractivity contribution is 0.485. The van der Waals surface area contributed by atoms with E-state index in [1.54, 1.807) is 0 Å². The van der Waals surface area contributed by atoms with Crippen LogP contribution in [0.2, 0.25) is 0 Å². The molecule has 0 unspecified atom stereocenters. The van der Waals surface area contributed by atoms with E-state index < -0.39 is 0 Å². The minimum absolute atomic E-state index is 0. The zero-order valence-corrected chi connectivity index (χ0v) is 12.7. The van der Waals surface area contributed by atoms with Gasteiger partial charge in [-0.3, -0.25) is 9.67 Å². The molecule has 5 nitrogen and oxygen atoms in total. The maximum Gasteiger partial charge on any atom is 0.191 e. The normalized spacial score (nSPS) is 15.5.